The standard InChI is InChI=1S/C10H11N.C6H8N2.C5H11NO.2CH3.ClH.2U/c1-2-9-7-8-5-3-4-6-10(8)11-9;7-5-3-1-2-4-6(5)8;1-3-5(6)7-4-2;;;;;/h3-6H,2,7H2,1H3;1-4H,7-8H2;6H,3-4H2,1-2H3;2*1H3;1H;;/q;;;2*-1;;;. The smallest absolute Gasteiger partial charge is 0.332 e. The number of nitrogens with two attached hydrogens (primary N) is 3. The molecule has 0 bridgehead atoms. The first-order chi connectivity index (χ1) is 12.5. The number of hydrogen-bond donors (Lipinski definition) is 3. The van der Waals surface area contributed by atoms with Crippen LogP contribution < -0.4 is 29.3 Å². The first-order valence-electron chi connectivity index (χ1n) is 9.00. The van der Waals surface area contributed by atoms with Crippen LogP contribution in [0, 0.1) is 77.1 Å². The second kappa shape index (κ2) is 24.2. The number of anilines is 2. The predicted octanol–water partition coefficient (Wildman–Crippen LogP) is 1.07. The van der Waals surface area contributed by atoms with Gasteiger partial charge in [-0.25, -0.2) is 5.41 Å². The third-order valence-electron chi connectivity index (χ3n) is 3.75. The zero-order valence-corrected chi connectivity index (χ0v) is 28.5. The van der Waals surface area contributed by atoms with E-state index in [2.05, 4.69) is 30.1 Å². The average Bonchev–Trinajstić information content (AvgIpc) is 3.09. The van der Waals surface area contributed by atoms with E-state index in [0.717, 1.165) is 19.3 Å². The molecule has 8 heteroatoms. The number of rotatable bonds is 3. The minimum Gasteiger partial charge on any atom is -1.00 e. The van der Waals surface area contributed by atoms with Crippen LogP contribution in [-0.4, -0.2) is 18.2 Å². The van der Waals surface area contributed by atoms with Crippen LogP contribution in [0.5, 0.6) is 0 Å². The number of halogens is 1. The molecule has 6 N–H and O–H groups in total. The van der Waals surface area contributed by atoms with E-state index in [4.69, 9.17) is 21.6 Å². The van der Waals surface area contributed by atoms with Gasteiger partial charge in [-0.2, -0.15) is 0 Å². The average molecular weight is 897 g/mol. The Labute approximate surface area is 243 Å². The molecule has 0 atom stereocenters. The Morgan fingerprint density at radius 2 is 1.42 bits per heavy atom. The second-order valence-corrected chi connectivity index (χ2v) is 5.72. The van der Waals surface area contributed by atoms with Gasteiger partial charge in [0.15, 0.2) is 0 Å². The topological polar surface area (TPSA) is 99.2 Å². The number of ether oxygens (including phenoxy) is 1. The SMILES string of the molecule is CCC1=Nc2ccccc2C1.CCOC(=[NH2+])CC.Nc1ccccc1N.[CH3-].[CH3-].[Cl-].[U].[U]. The van der Waals surface area contributed by atoms with E-state index in [-0.39, 0.29) is 89.5 Å². The van der Waals surface area contributed by atoms with E-state index in [9.17, 15) is 0 Å². The fourth-order valence-electron chi connectivity index (χ4n) is 2.20. The van der Waals surface area contributed by atoms with Crippen LogP contribution in [0.3, 0.4) is 0 Å². The van der Waals surface area contributed by atoms with Crippen molar-refractivity contribution in [1.82, 2.24) is 0 Å². The number of hydrogen-bond acceptors (Lipinski definition) is 4. The van der Waals surface area contributed by atoms with Gasteiger partial charge in [-0.05, 0) is 37.1 Å². The van der Waals surface area contributed by atoms with Crippen molar-refractivity contribution in [2.45, 2.75) is 40.0 Å². The third kappa shape index (κ3) is 16.8. The summed E-state index contributed by atoms with van der Waals surface area (Å²) in [6.07, 6.45) is 2.95. The van der Waals surface area contributed by atoms with Crippen molar-refractivity contribution in [2.24, 2.45) is 4.99 Å². The zero-order valence-electron chi connectivity index (χ0n) is 19.4. The Hall–Kier alpha value is -0.426. The van der Waals surface area contributed by atoms with Crippen molar-refractivity contribution in [3.05, 3.63) is 68.9 Å². The summed E-state index contributed by atoms with van der Waals surface area (Å²) in [7, 11) is 0. The number of aliphatic imine (C=N–C) groups is 1. The quantitative estimate of drug-likeness (QED) is 0.186. The molecule has 0 radical (unpaired) electrons. The Kier molecular flexibility index (Phi) is 31.9. The molecule has 5 nitrogen and oxygen atoms in total. The van der Waals surface area contributed by atoms with Crippen molar-refractivity contribution in [3.63, 3.8) is 0 Å². The maximum atomic E-state index is 5.39. The van der Waals surface area contributed by atoms with Crippen molar-refractivity contribution in [2.75, 3.05) is 18.1 Å². The summed E-state index contributed by atoms with van der Waals surface area (Å²) in [6, 6.07) is 15.6. The molecule has 1 heterocycles. The molecule has 3 rings (SSSR count). The molecule has 2 aromatic carbocycles. The third-order valence-corrected chi connectivity index (χ3v) is 3.75. The van der Waals surface area contributed by atoms with E-state index in [1.807, 2.05) is 32.0 Å². The van der Waals surface area contributed by atoms with E-state index < -0.39 is 0 Å². The van der Waals surface area contributed by atoms with E-state index in [0.29, 0.717) is 23.9 Å². The molecule has 31 heavy (non-hydrogen) atoms. The predicted molar refractivity (Wildman–Crippen MR) is 124 cm³/mol. The fraction of sp³-hybridized carbons (Fsp3) is 0.304. The summed E-state index contributed by atoms with van der Waals surface area (Å²) in [6.45, 7) is 6.72. The Bertz CT molecular complexity index is 722. The minimum absolute atomic E-state index is 0. The van der Waals surface area contributed by atoms with Gasteiger partial charge >= 0.3 is 5.90 Å². The van der Waals surface area contributed by atoms with Gasteiger partial charge in [0.2, 0.25) is 0 Å². The van der Waals surface area contributed by atoms with Gasteiger partial charge < -0.3 is 43.5 Å². The van der Waals surface area contributed by atoms with Crippen LogP contribution in [0.1, 0.15) is 39.2 Å². The maximum Gasteiger partial charge on any atom is 0.332 e. The Morgan fingerprint density at radius 1 is 0.935 bits per heavy atom. The number of nitrogens with zero attached hydrogens (tertiary/aromatic N) is 1. The van der Waals surface area contributed by atoms with Crippen LogP contribution in [0.2, 0.25) is 0 Å². The summed E-state index contributed by atoms with van der Waals surface area (Å²) < 4.78 is 4.89. The first kappa shape index (κ1) is 40.9. The van der Waals surface area contributed by atoms with Gasteiger partial charge in [-0.1, -0.05) is 44.2 Å². The van der Waals surface area contributed by atoms with Crippen LogP contribution in [0.4, 0.5) is 17.1 Å². The summed E-state index contributed by atoms with van der Waals surface area (Å²) in [4.78, 5) is 4.49. The van der Waals surface area contributed by atoms with E-state index in [1.165, 1.54) is 17.0 Å². The molecule has 0 aromatic heterocycles. The first-order valence-corrected chi connectivity index (χ1v) is 9.00. The summed E-state index contributed by atoms with van der Waals surface area (Å²) in [5.41, 5.74) is 15.9. The van der Waals surface area contributed by atoms with Crippen LogP contribution in [-0.2, 0) is 11.2 Å². The molecule has 0 spiro atoms. The zero-order chi connectivity index (χ0) is 19.4. The maximum absolute atomic E-state index is 5.39. The number of fused-ring (bicyclic) bond motifs is 1. The molecule has 0 amide bonds. The van der Waals surface area contributed by atoms with Gasteiger partial charge in [0.25, 0.3) is 0 Å². The van der Waals surface area contributed by atoms with Crippen LogP contribution >= 0.6 is 0 Å². The molecule has 1 aliphatic heterocycles. The van der Waals surface area contributed by atoms with Crippen LogP contribution in [0.15, 0.2) is 53.5 Å². The molecule has 0 saturated carbocycles. The van der Waals surface area contributed by atoms with Gasteiger partial charge in [0.05, 0.1) is 30.1 Å². The van der Waals surface area contributed by atoms with Gasteiger partial charge in [-0.15, -0.1) is 0 Å². The fourth-order valence-corrected chi connectivity index (χ4v) is 2.20. The molecule has 172 valence electrons. The molecule has 0 aliphatic carbocycles. The Balaban J connectivity index is -0.000000104. The van der Waals surface area contributed by atoms with Crippen molar-refractivity contribution < 1.29 is 84.8 Å². The second-order valence-electron chi connectivity index (χ2n) is 5.72. The molecule has 1 aliphatic rings. The summed E-state index contributed by atoms with van der Waals surface area (Å²) in [5.74, 6) is 0.627. The molecule has 0 saturated heterocycles. The van der Waals surface area contributed by atoms with Crippen molar-refractivity contribution in [3.8, 4) is 0 Å². The molecule has 2 aromatic rings. The van der Waals surface area contributed by atoms with Crippen LogP contribution in [0.25, 0.3) is 0 Å². The summed E-state index contributed by atoms with van der Waals surface area (Å²) in [5, 5.41) is 5.28. The molecular weight excluding hydrogens is 860 g/mol. The number of para-hydroxylation sites is 3. The van der Waals surface area contributed by atoms with Gasteiger partial charge in [0, 0.05) is 74.4 Å². The number of nitrogen functional groups attached to an aromatic ring is 2. The largest absolute Gasteiger partial charge is 1.00 e. The Morgan fingerprint density at radius 3 is 1.77 bits per heavy atom. The monoisotopic (exact) mass is 896 g/mol. The minimum atomic E-state index is 0. The molecule has 0 unspecified atom stereocenters. The van der Waals surface area contributed by atoms with E-state index in [1.54, 1.807) is 12.1 Å². The normalized spacial score (nSPS) is 9.32. The molecule has 0 fully saturated rings. The van der Waals surface area contributed by atoms with Crippen molar-refractivity contribution in [1.29, 1.82) is 0 Å². The summed E-state index contributed by atoms with van der Waals surface area (Å²) >= 11 is 0. The van der Waals surface area contributed by atoms with Crippen molar-refractivity contribution >= 4 is 28.7 Å². The molecular formula is C23H37ClN4OU2-2. The number of benzene rings is 2. The van der Waals surface area contributed by atoms with Gasteiger partial charge in [-0.3, -0.25) is 4.99 Å². The van der Waals surface area contributed by atoms with Gasteiger partial charge in [0.1, 0.15) is 0 Å². The van der Waals surface area contributed by atoms with E-state index >= 15 is 0 Å².